The number of benzene rings is 1. The van der Waals surface area contributed by atoms with Gasteiger partial charge in [-0.05, 0) is 31.0 Å². The van der Waals surface area contributed by atoms with Gasteiger partial charge in [0.2, 0.25) is 0 Å². The number of hydrogen-bond donors (Lipinski definition) is 2. The first-order valence-corrected chi connectivity index (χ1v) is 9.14. The van der Waals surface area contributed by atoms with E-state index in [-0.39, 0.29) is 10.6 Å². The van der Waals surface area contributed by atoms with Crippen LogP contribution in [0.2, 0.25) is 0 Å². The molecule has 1 aromatic heterocycles. The van der Waals surface area contributed by atoms with Gasteiger partial charge < -0.3 is 5.73 Å². The Bertz CT molecular complexity index is 754. The van der Waals surface area contributed by atoms with Crippen molar-refractivity contribution in [1.82, 2.24) is 4.98 Å². The van der Waals surface area contributed by atoms with E-state index in [1.807, 2.05) is 5.38 Å². The first-order valence-electron chi connectivity index (χ1n) is 5.99. The molecule has 2 aromatic rings. The Kier molecular flexibility index (Phi) is 3.47. The van der Waals surface area contributed by atoms with Gasteiger partial charge in [0.15, 0.2) is 5.13 Å². The Morgan fingerprint density at radius 3 is 2.80 bits per heavy atom. The fourth-order valence-electron chi connectivity index (χ4n) is 1.83. The lowest BCUT2D eigenvalue weighted by molar-refractivity contribution is 0.601. The second-order valence-electron chi connectivity index (χ2n) is 4.64. The first kappa shape index (κ1) is 13.8. The van der Waals surface area contributed by atoms with Crippen molar-refractivity contribution in [3.8, 4) is 0 Å². The summed E-state index contributed by atoms with van der Waals surface area (Å²) in [4.78, 5) is 4.37. The summed E-state index contributed by atoms with van der Waals surface area (Å²) in [7, 11) is -3.70. The molecule has 1 aliphatic rings. The fraction of sp³-hybridized carbons (Fsp3) is 0.250. The SMILES string of the molecule is Nc1cc(Br)ccc1S(=O)(=O)Nc1nc(C2CC2)cs1. The van der Waals surface area contributed by atoms with Gasteiger partial charge in [-0.1, -0.05) is 15.9 Å². The molecule has 1 aliphatic carbocycles. The highest BCUT2D eigenvalue weighted by atomic mass is 79.9. The third-order valence-electron chi connectivity index (χ3n) is 3.00. The van der Waals surface area contributed by atoms with Gasteiger partial charge in [0, 0.05) is 15.8 Å². The van der Waals surface area contributed by atoms with Crippen molar-refractivity contribution in [2.45, 2.75) is 23.7 Å². The van der Waals surface area contributed by atoms with E-state index in [9.17, 15) is 8.42 Å². The Hall–Kier alpha value is -1.12. The van der Waals surface area contributed by atoms with E-state index in [2.05, 4.69) is 25.6 Å². The van der Waals surface area contributed by atoms with Crippen molar-refractivity contribution in [1.29, 1.82) is 0 Å². The molecule has 0 unspecified atom stereocenters. The lowest BCUT2D eigenvalue weighted by Crippen LogP contribution is -2.14. The number of aromatic nitrogens is 1. The second kappa shape index (κ2) is 5.01. The Morgan fingerprint density at radius 2 is 2.15 bits per heavy atom. The maximum Gasteiger partial charge on any atom is 0.265 e. The predicted octanol–water partition coefficient (Wildman–Crippen LogP) is 3.17. The molecule has 8 heteroatoms. The quantitative estimate of drug-likeness (QED) is 0.805. The molecule has 0 bridgehead atoms. The molecule has 1 aromatic carbocycles. The van der Waals surface area contributed by atoms with E-state index in [1.165, 1.54) is 17.4 Å². The molecule has 0 aliphatic heterocycles. The summed E-state index contributed by atoms with van der Waals surface area (Å²) in [6.07, 6.45) is 2.27. The number of halogens is 1. The normalized spacial score (nSPS) is 15.2. The molecule has 1 heterocycles. The van der Waals surface area contributed by atoms with Gasteiger partial charge in [0.05, 0.1) is 11.4 Å². The lowest BCUT2D eigenvalue weighted by atomic mass is 10.3. The number of nitrogens with two attached hydrogens (primary N) is 1. The van der Waals surface area contributed by atoms with Crippen LogP contribution in [0.25, 0.3) is 0 Å². The van der Waals surface area contributed by atoms with Gasteiger partial charge in [0.1, 0.15) is 4.90 Å². The number of nitrogens with zero attached hydrogens (tertiary/aromatic N) is 1. The minimum atomic E-state index is -3.70. The minimum absolute atomic E-state index is 0.0591. The maximum absolute atomic E-state index is 12.3. The molecule has 0 radical (unpaired) electrons. The number of rotatable bonds is 4. The zero-order valence-electron chi connectivity index (χ0n) is 10.3. The standard InChI is InChI=1S/C12H12BrN3O2S2/c13-8-3-4-11(9(14)5-8)20(17,18)16-12-15-10(6-19-12)7-1-2-7/h3-7H,1-2,14H2,(H,15,16). The van der Waals surface area contributed by atoms with Crippen LogP contribution in [0.5, 0.6) is 0 Å². The van der Waals surface area contributed by atoms with Crippen LogP contribution in [0.3, 0.4) is 0 Å². The van der Waals surface area contributed by atoms with Crippen molar-refractivity contribution in [3.05, 3.63) is 33.7 Å². The van der Waals surface area contributed by atoms with E-state index in [1.54, 1.807) is 12.1 Å². The molecule has 5 nitrogen and oxygen atoms in total. The number of sulfonamides is 1. The maximum atomic E-state index is 12.3. The van der Waals surface area contributed by atoms with Crippen LogP contribution in [-0.2, 0) is 10.0 Å². The molecule has 1 fully saturated rings. The largest absolute Gasteiger partial charge is 0.398 e. The minimum Gasteiger partial charge on any atom is -0.398 e. The van der Waals surface area contributed by atoms with Gasteiger partial charge in [-0.15, -0.1) is 11.3 Å². The Labute approximate surface area is 129 Å². The van der Waals surface area contributed by atoms with Crippen molar-refractivity contribution >= 4 is 48.1 Å². The lowest BCUT2D eigenvalue weighted by Gasteiger charge is -2.08. The van der Waals surface area contributed by atoms with Crippen molar-refractivity contribution in [2.24, 2.45) is 0 Å². The van der Waals surface area contributed by atoms with E-state index in [0.29, 0.717) is 11.0 Å². The average Bonchev–Trinajstić information content (AvgIpc) is 3.10. The van der Waals surface area contributed by atoms with E-state index in [4.69, 9.17) is 5.73 Å². The molecular formula is C12H12BrN3O2S2. The van der Waals surface area contributed by atoms with Crippen LogP contribution in [0.4, 0.5) is 10.8 Å². The van der Waals surface area contributed by atoms with Crippen LogP contribution < -0.4 is 10.5 Å². The third kappa shape index (κ3) is 2.82. The average molecular weight is 374 g/mol. The summed E-state index contributed by atoms with van der Waals surface area (Å²) in [6, 6.07) is 4.67. The van der Waals surface area contributed by atoms with Crippen LogP contribution in [0.15, 0.2) is 32.9 Å². The summed E-state index contributed by atoms with van der Waals surface area (Å²) in [5.74, 6) is 0.502. The van der Waals surface area contributed by atoms with E-state index < -0.39 is 10.0 Å². The second-order valence-corrected chi connectivity index (χ2v) is 8.06. The Morgan fingerprint density at radius 1 is 1.40 bits per heavy atom. The van der Waals surface area contributed by atoms with Crippen LogP contribution in [-0.4, -0.2) is 13.4 Å². The molecule has 0 saturated heterocycles. The van der Waals surface area contributed by atoms with Crippen molar-refractivity contribution in [2.75, 3.05) is 10.5 Å². The van der Waals surface area contributed by atoms with Gasteiger partial charge in [-0.25, -0.2) is 13.4 Å². The topological polar surface area (TPSA) is 85.1 Å². The van der Waals surface area contributed by atoms with Crippen molar-refractivity contribution in [3.63, 3.8) is 0 Å². The molecule has 106 valence electrons. The third-order valence-corrected chi connectivity index (χ3v) is 5.81. The molecule has 0 atom stereocenters. The first-order chi connectivity index (χ1) is 9.45. The molecule has 3 rings (SSSR count). The molecule has 0 spiro atoms. The number of thiazole rings is 1. The summed E-state index contributed by atoms with van der Waals surface area (Å²) in [6.45, 7) is 0. The smallest absolute Gasteiger partial charge is 0.265 e. The van der Waals surface area contributed by atoms with Crippen LogP contribution in [0.1, 0.15) is 24.5 Å². The van der Waals surface area contributed by atoms with Gasteiger partial charge >= 0.3 is 0 Å². The highest BCUT2D eigenvalue weighted by Crippen LogP contribution is 2.41. The van der Waals surface area contributed by atoms with E-state index >= 15 is 0 Å². The highest BCUT2D eigenvalue weighted by Gasteiger charge is 2.27. The molecule has 0 amide bonds. The predicted molar refractivity (Wildman–Crippen MR) is 83.5 cm³/mol. The number of anilines is 2. The Balaban J connectivity index is 1.87. The number of nitrogen functional groups attached to an aromatic ring is 1. The monoisotopic (exact) mass is 373 g/mol. The van der Waals surface area contributed by atoms with Crippen LogP contribution in [0, 0.1) is 0 Å². The summed E-state index contributed by atoms with van der Waals surface area (Å²) in [5.41, 5.74) is 6.93. The molecule has 1 saturated carbocycles. The molecule has 20 heavy (non-hydrogen) atoms. The highest BCUT2D eigenvalue weighted by molar-refractivity contribution is 9.10. The number of nitrogens with one attached hydrogen (secondary N) is 1. The van der Waals surface area contributed by atoms with Crippen molar-refractivity contribution < 1.29 is 8.42 Å². The van der Waals surface area contributed by atoms with Gasteiger partial charge in [-0.2, -0.15) is 0 Å². The summed E-state index contributed by atoms with van der Waals surface area (Å²) >= 11 is 4.55. The summed E-state index contributed by atoms with van der Waals surface area (Å²) in [5, 5.41) is 2.29. The van der Waals surface area contributed by atoms with Gasteiger partial charge in [0.25, 0.3) is 10.0 Å². The molecule has 3 N–H and O–H groups in total. The van der Waals surface area contributed by atoms with Crippen LogP contribution >= 0.6 is 27.3 Å². The number of hydrogen-bond acceptors (Lipinski definition) is 5. The summed E-state index contributed by atoms with van der Waals surface area (Å²) < 4.78 is 27.8. The zero-order chi connectivity index (χ0) is 14.3. The zero-order valence-corrected chi connectivity index (χ0v) is 13.6. The fourth-order valence-corrected chi connectivity index (χ4v) is 4.37. The van der Waals surface area contributed by atoms with E-state index in [0.717, 1.165) is 23.0 Å². The molecular weight excluding hydrogens is 362 g/mol. The van der Waals surface area contributed by atoms with Gasteiger partial charge in [-0.3, -0.25) is 4.72 Å².